The van der Waals surface area contributed by atoms with Crippen LogP contribution in [-0.4, -0.2) is 45.8 Å². The van der Waals surface area contributed by atoms with Gasteiger partial charge >= 0.3 is 17.9 Å². The topological polar surface area (TPSA) is 164 Å². The molecule has 0 rings (SSSR count). The first-order valence-corrected chi connectivity index (χ1v) is 6.84. The van der Waals surface area contributed by atoms with E-state index < -0.39 is 23.9 Å². The fourth-order valence-corrected chi connectivity index (χ4v) is 0.889. The number of nitrogens with two attached hydrogens (primary N) is 2. The third kappa shape index (κ3) is 32.2. The molecule has 0 aliphatic carbocycles. The van der Waals surface area contributed by atoms with Crippen molar-refractivity contribution in [3.8, 4) is 0 Å². The summed E-state index contributed by atoms with van der Waals surface area (Å²) in [5.41, 5.74) is 10.3. The van der Waals surface area contributed by atoms with E-state index in [2.05, 4.69) is 0 Å². The van der Waals surface area contributed by atoms with E-state index in [1.54, 1.807) is 0 Å². The number of hydrogen-bond donors (Lipinski definition) is 5. The Labute approximate surface area is 125 Å². The van der Waals surface area contributed by atoms with E-state index in [9.17, 15) is 14.4 Å². The minimum atomic E-state index is -0.955. The molecule has 7 N–H and O–H groups in total. The molecule has 0 radical (unpaired) electrons. The van der Waals surface area contributed by atoms with Crippen LogP contribution in [0.4, 0.5) is 0 Å². The zero-order valence-electron chi connectivity index (χ0n) is 12.7. The number of aliphatic carboxylic acids is 3. The smallest absolute Gasteiger partial charge is 0.320 e. The van der Waals surface area contributed by atoms with Gasteiger partial charge in [0, 0.05) is 12.8 Å². The third-order valence-electron chi connectivity index (χ3n) is 1.96. The molecule has 0 aromatic rings. The Morgan fingerprint density at radius 1 is 0.952 bits per heavy atom. The fourth-order valence-electron chi connectivity index (χ4n) is 0.889. The van der Waals surface area contributed by atoms with E-state index in [0.717, 1.165) is 12.8 Å². The predicted octanol–water partition coefficient (Wildman–Crippen LogP) is 0.879. The zero-order chi connectivity index (χ0) is 17.3. The number of carboxylic acids is 3. The molecule has 0 amide bonds. The van der Waals surface area contributed by atoms with Crippen LogP contribution in [-0.2, 0) is 14.4 Å². The molecule has 0 bridgehead atoms. The molecule has 126 valence electrons. The Kier molecular flexibility index (Phi) is 21.3. The highest BCUT2D eigenvalue weighted by Crippen LogP contribution is 1.91. The Balaban J connectivity index is -0.000000240. The maximum absolute atomic E-state index is 10.0. The largest absolute Gasteiger partial charge is 0.481 e. The summed E-state index contributed by atoms with van der Waals surface area (Å²) in [5, 5.41) is 24.1. The maximum atomic E-state index is 10.0. The molecule has 1 atom stereocenters. The van der Waals surface area contributed by atoms with Crippen LogP contribution in [0.5, 0.6) is 0 Å². The molecule has 8 heteroatoms. The van der Waals surface area contributed by atoms with Crippen molar-refractivity contribution in [2.24, 2.45) is 11.5 Å². The van der Waals surface area contributed by atoms with E-state index in [0.29, 0.717) is 32.2 Å². The summed E-state index contributed by atoms with van der Waals surface area (Å²) >= 11 is 0. The third-order valence-corrected chi connectivity index (χ3v) is 1.96. The van der Waals surface area contributed by atoms with Crippen LogP contribution in [0.2, 0.25) is 0 Å². The molecule has 0 spiro atoms. The summed E-state index contributed by atoms with van der Waals surface area (Å²) in [6.07, 6.45) is 3.18. The number of rotatable bonds is 8. The predicted molar refractivity (Wildman–Crippen MR) is 79.0 cm³/mol. The first kappa shape index (κ1) is 24.4. The van der Waals surface area contributed by atoms with Crippen molar-refractivity contribution in [1.82, 2.24) is 0 Å². The fraction of sp³-hybridized carbons (Fsp3) is 0.769. The molecule has 0 aliphatic rings. The molecule has 0 aromatic heterocycles. The average Bonchev–Trinajstić information content (AvgIpc) is 2.36. The van der Waals surface area contributed by atoms with Crippen molar-refractivity contribution in [3.63, 3.8) is 0 Å². The molecule has 0 saturated carbocycles. The Morgan fingerprint density at radius 3 is 1.48 bits per heavy atom. The van der Waals surface area contributed by atoms with Gasteiger partial charge in [0.15, 0.2) is 0 Å². The highest BCUT2D eigenvalue weighted by atomic mass is 16.4. The van der Waals surface area contributed by atoms with Crippen molar-refractivity contribution in [1.29, 1.82) is 0 Å². The van der Waals surface area contributed by atoms with Crippen molar-refractivity contribution in [2.75, 3.05) is 6.54 Å². The van der Waals surface area contributed by atoms with Crippen LogP contribution in [0.25, 0.3) is 0 Å². The van der Waals surface area contributed by atoms with Crippen molar-refractivity contribution < 1.29 is 29.7 Å². The zero-order valence-corrected chi connectivity index (χ0v) is 12.7. The average molecular weight is 308 g/mol. The van der Waals surface area contributed by atoms with Gasteiger partial charge in [-0.1, -0.05) is 13.8 Å². The van der Waals surface area contributed by atoms with Crippen LogP contribution >= 0.6 is 0 Å². The highest BCUT2D eigenvalue weighted by molar-refractivity contribution is 5.72. The summed E-state index contributed by atoms with van der Waals surface area (Å²) < 4.78 is 0. The molecule has 0 unspecified atom stereocenters. The monoisotopic (exact) mass is 308 g/mol. The lowest BCUT2D eigenvalue weighted by atomic mass is 10.2. The van der Waals surface area contributed by atoms with Crippen LogP contribution in [0.3, 0.4) is 0 Å². The minimum Gasteiger partial charge on any atom is -0.481 e. The first-order valence-electron chi connectivity index (χ1n) is 6.84. The van der Waals surface area contributed by atoms with Crippen molar-refractivity contribution in [3.05, 3.63) is 0 Å². The summed E-state index contributed by atoms with van der Waals surface area (Å²) in [6.45, 7) is 4.18. The number of hydrogen-bond acceptors (Lipinski definition) is 5. The van der Waals surface area contributed by atoms with E-state index in [1.807, 2.05) is 13.8 Å². The van der Waals surface area contributed by atoms with Gasteiger partial charge in [-0.15, -0.1) is 0 Å². The normalized spacial score (nSPS) is 10.3. The summed E-state index contributed by atoms with van der Waals surface area (Å²) in [5.74, 6) is -2.38. The highest BCUT2D eigenvalue weighted by Gasteiger charge is 2.08. The molecular formula is C13H28N2O6. The lowest BCUT2D eigenvalue weighted by Gasteiger charge is -2.02. The summed E-state index contributed by atoms with van der Waals surface area (Å²) in [4.78, 5) is 29.2. The van der Waals surface area contributed by atoms with Gasteiger partial charge < -0.3 is 26.8 Å². The lowest BCUT2D eigenvalue weighted by Crippen LogP contribution is -2.30. The molecule has 0 fully saturated rings. The second-order valence-corrected chi connectivity index (χ2v) is 4.16. The Hall–Kier alpha value is -1.67. The van der Waals surface area contributed by atoms with Crippen molar-refractivity contribution >= 4 is 17.9 Å². The minimum absolute atomic E-state index is 0.292. The van der Waals surface area contributed by atoms with Gasteiger partial charge in [-0.05, 0) is 32.2 Å². The molecule has 0 saturated heterocycles. The molecule has 8 nitrogen and oxygen atoms in total. The van der Waals surface area contributed by atoms with E-state index in [4.69, 9.17) is 26.8 Å². The van der Waals surface area contributed by atoms with Crippen LogP contribution in [0.15, 0.2) is 0 Å². The number of carbonyl (C=O) groups is 3. The van der Waals surface area contributed by atoms with E-state index >= 15 is 0 Å². The maximum Gasteiger partial charge on any atom is 0.320 e. The van der Waals surface area contributed by atoms with Gasteiger partial charge in [0.05, 0.1) is 0 Å². The Morgan fingerprint density at radius 2 is 1.33 bits per heavy atom. The van der Waals surface area contributed by atoms with E-state index in [1.165, 1.54) is 0 Å². The molecule has 21 heavy (non-hydrogen) atoms. The second-order valence-electron chi connectivity index (χ2n) is 4.16. The van der Waals surface area contributed by atoms with Gasteiger partial charge in [-0.2, -0.15) is 0 Å². The van der Waals surface area contributed by atoms with Crippen LogP contribution in [0.1, 0.15) is 52.4 Å². The van der Waals surface area contributed by atoms with Crippen LogP contribution < -0.4 is 11.5 Å². The summed E-state index contributed by atoms with van der Waals surface area (Å²) in [7, 11) is 0. The second kappa shape index (κ2) is 18.3. The molecule has 0 aromatic carbocycles. The van der Waals surface area contributed by atoms with Gasteiger partial charge in [0.25, 0.3) is 0 Å². The molecule has 0 aliphatic heterocycles. The van der Waals surface area contributed by atoms with Crippen LogP contribution in [0, 0.1) is 0 Å². The van der Waals surface area contributed by atoms with Gasteiger partial charge in [0.2, 0.25) is 0 Å². The van der Waals surface area contributed by atoms with Crippen molar-refractivity contribution in [2.45, 2.75) is 58.4 Å². The van der Waals surface area contributed by atoms with Gasteiger partial charge in [-0.3, -0.25) is 14.4 Å². The Bertz CT molecular complexity index is 268. The quantitative estimate of drug-likeness (QED) is 0.441. The molecule has 0 heterocycles. The molecular weight excluding hydrogens is 280 g/mol. The summed E-state index contributed by atoms with van der Waals surface area (Å²) in [6, 6.07) is -0.742. The van der Waals surface area contributed by atoms with Gasteiger partial charge in [0.1, 0.15) is 6.04 Å². The van der Waals surface area contributed by atoms with Gasteiger partial charge in [-0.25, -0.2) is 0 Å². The lowest BCUT2D eigenvalue weighted by molar-refractivity contribution is -0.139. The standard InChI is InChI=1S/C5H12N2O2.2C4H8O2/c6-3-1-2-4(7)5(8)9;2*1-2-3-4(5)6/h4H,1-3,6-7H2,(H,8,9);2*2-3H2,1H3,(H,5,6)/t4-;;/m0../s1. The van der Waals surface area contributed by atoms with E-state index in [-0.39, 0.29) is 0 Å². The SMILES string of the molecule is CCCC(=O)O.CCCC(=O)O.NCCC[C@H](N)C(=O)O. The number of carboxylic acid groups (broad SMARTS) is 3. The first-order chi connectivity index (χ1) is 9.72.